The van der Waals surface area contributed by atoms with Gasteiger partial charge in [0.15, 0.2) is 0 Å². The van der Waals surface area contributed by atoms with E-state index in [1.165, 1.54) is 11.1 Å². The van der Waals surface area contributed by atoms with E-state index < -0.39 is 0 Å². The minimum absolute atomic E-state index is 0.0407. The Bertz CT molecular complexity index is 558. The molecule has 1 saturated heterocycles. The molecule has 1 fully saturated rings. The highest BCUT2D eigenvalue weighted by molar-refractivity contribution is 5.90. The predicted molar refractivity (Wildman–Crippen MR) is 82.9 cm³/mol. The van der Waals surface area contributed by atoms with Crippen LogP contribution in [0.1, 0.15) is 50.3 Å². The lowest BCUT2D eigenvalue weighted by Crippen LogP contribution is -2.41. The molecule has 0 radical (unpaired) electrons. The minimum atomic E-state index is -0.372. The second-order valence-electron chi connectivity index (χ2n) is 6.77. The first kappa shape index (κ1) is 15.5. The third kappa shape index (κ3) is 3.84. The van der Waals surface area contributed by atoms with Gasteiger partial charge in [-0.1, -0.05) is 39.0 Å². The molecule has 114 valence electrons. The van der Waals surface area contributed by atoms with E-state index >= 15 is 0 Å². The quantitative estimate of drug-likeness (QED) is 0.895. The molecule has 2 amide bonds. The number of benzene rings is 1. The zero-order valence-corrected chi connectivity index (χ0v) is 13.2. The molecule has 2 rings (SSSR count). The van der Waals surface area contributed by atoms with Gasteiger partial charge < -0.3 is 10.6 Å². The highest BCUT2D eigenvalue weighted by atomic mass is 16.2. The van der Waals surface area contributed by atoms with Crippen LogP contribution in [0.5, 0.6) is 0 Å². The molecule has 1 aliphatic rings. The van der Waals surface area contributed by atoms with Crippen LogP contribution in [0.15, 0.2) is 18.2 Å². The van der Waals surface area contributed by atoms with Crippen LogP contribution in [0, 0.1) is 6.92 Å². The van der Waals surface area contributed by atoms with Gasteiger partial charge >= 0.3 is 0 Å². The van der Waals surface area contributed by atoms with E-state index in [1.807, 2.05) is 6.92 Å². The Morgan fingerprint density at radius 2 is 2.10 bits per heavy atom. The van der Waals surface area contributed by atoms with Crippen molar-refractivity contribution < 1.29 is 9.59 Å². The lowest BCUT2D eigenvalue weighted by molar-refractivity contribution is -0.125. The maximum Gasteiger partial charge on any atom is 0.242 e. The van der Waals surface area contributed by atoms with Crippen LogP contribution in [0.25, 0.3) is 0 Å². The van der Waals surface area contributed by atoms with Crippen molar-refractivity contribution in [2.75, 3.05) is 0 Å². The monoisotopic (exact) mass is 288 g/mol. The number of carbonyl (C=O) groups excluding carboxylic acids is 2. The number of rotatable bonds is 3. The van der Waals surface area contributed by atoms with Gasteiger partial charge in [0.25, 0.3) is 0 Å². The Morgan fingerprint density at radius 1 is 1.38 bits per heavy atom. The number of hydrogen-bond donors (Lipinski definition) is 2. The van der Waals surface area contributed by atoms with Crippen molar-refractivity contribution >= 4 is 11.8 Å². The molecule has 1 unspecified atom stereocenters. The van der Waals surface area contributed by atoms with Crippen LogP contribution in [-0.2, 0) is 21.5 Å². The van der Waals surface area contributed by atoms with Crippen molar-refractivity contribution in [3.8, 4) is 0 Å². The number of nitrogens with one attached hydrogen (secondary N) is 2. The summed E-state index contributed by atoms with van der Waals surface area (Å²) in [6, 6.07) is 6.02. The summed E-state index contributed by atoms with van der Waals surface area (Å²) in [5.74, 6) is -0.137. The van der Waals surface area contributed by atoms with Crippen molar-refractivity contribution in [1.29, 1.82) is 0 Å². The molecular weight excluding hydrogens is 264 g/mol. The molecule has 2 N–H and O–H groups in total. The highest BCUT2D eigenvalue weighted by Gasteiger charge is 2.26. The molecule has 0 aromatic heterocycles. The fourth-order valence-electron chi connectivity index (χ4n) is 2.44. The van der Waals surface area contributed by atoms with Crippen LogP contribution in [-0.4, -0.2) is 17.9 Å². The number of hydrogen-bond acceptors (Lipinski definition) is 2. The van der Waals surface area contributed by atoms with Crippen molar-refractivity contribution in [3.05, 3.63) is 34.9 Å². The molecular formula is C17H24N2O2. The number of aryl methyl sites for hydroxylation is 1. The lowest BCUT2D eigenvalue weighted by atomic mass is 9.85. The second-order valence-corrected chi connectivity index (χ2v) is 6.77. The van der Waals surface area contributed by atoms with E-state index in [9.17, 15) is 9.59 Å². The maximum absolute atomic E-state index is 12.0. The van der Waals surface area contributed by atoms with Crippen LogP contribution in [0.4, 0.5) is 0 Å². The average molecular weight is 288 g/mol. The summed E-state index contributed by atoms with van der Waals surface area (Å²) in [4.78, 5) is 23.2. The Kier molecular flexibility index (Phi) is 4.35. The first-order valence-electron chi connectivity index (χ1n) is 7.44. The van der Waals surface area contributed by atoms with Crippen LogP contribution in [0.3, 0.4) is 0 Å². The Balaban J connectivity index is 2.02. The highest BCUT2D eigenvalue weighted by Crippen LogP contribution is 2.24. The van der Waals surface area contributed by atoms with E-state index in [-0.39, 0.29) is 23.3 Å². The van der Waals surface area contributed by atoms with Crippen LogP contribution in [0.2, 0.25) is 0 Å². The smallest absolute Gasteiger partial charge is 0.242 e. The molecule has 1 aromatic carbocycles. The van der Waals surface area contributed by atoms with E-state index in [2.05, 4.69) is 49.6 Å². The molecule has 0 bridgehead atoms. The van der Waals surface area contributed by atoms with Crippen LogP contribution >= 0.6 is 0 Å². The fourth-order valence-corrected chi connectivity index (χ4v) is 2.44. The molecule has 0 saturated carbocycles. The van der Waals surface area contributed by atoms with Gasteiger partial charge in [-0.15, -0.1) is 0 Å². The largest absolute Gasteiger partial charge is 0.350 e. The minimum Gasteiger partial charge on any atom is -0.350 e. The summed E-state index contributed by atoms with van der Waals surface area (Å²) >= 11 is 0. The topological polar surface area (TPSA) is 58.2 Å². The van der Waals surface area contributed by atoms with Gasteiger partial charge in [-0.3, -0.25) is 9.59 Å². The lowest BCUT2D eigenvalue weighted by Gasteiger charge is -2.21. The van der Waals surface area contributed by atoms with Gasteiger partial charge in [0.05, 0.1) is 0 Å². The Hall–Kier alpha value is -1.84. The second kappa shape index (κ2) is 5.88. The average Bonchev–Trinajstić information content (AvgIpc) is 2.83. The summed E-state index contributed by atoms with van der Waals surface area (Å²) in [5.41, 5.74) is 3.64. The van der Waals surface area contributed by atoms with E-state index in [0.717, 1.165) is 5.56 Å². The van der Waals surface area contributed by atoms with Gasteiger partial charge in [0.1, 0.15) is 6.04 Å². The normalized spacial score (nSPS) is 18.5. The molecule has 1 aliphatic heterocycles. The van der Waals surface area contributed by atoms with Crippen molar-refractivity contribution in [1.82, 2.24) is 10.6 Å². The third-order valence-corrected chi connectivity index (χ3v) is 3.98. The van der Waals surface area contributed by atoms with Crippen molar-refractivity contribution in [2.45, 2.75) is 58.5 Å². The fraction of sp³-hybridized carbons (Fsp3) is 0.529. The zero-order chi connectivity index (χ0) is 15.6. The van der Waals surface area contributed by atoms with Crippen molar-refractivity contribution in [3.63, 3.8) is 0 Å². The summed E-state index contributed by atoms with van der Waals surface area (Å²) in [6.07, 6.45) is 1.03. The molecule has 1 atom stereocenters. The summed E-state index contributed by atoms with van der Waals surface area (Å²) < 4.78 is 0. The molecule has 1 heterocycles. The number of amides is 2. The van der Waals surface area contributed by atoms with Crippen molar-refractivity contribution in [2.24, 2.45) is 0 Å². The Morgan fingerprint density at radius 3 is 2.67 bits per heavy atom. The van der Waals surface area contributed by atoms with Gasteiger partial charge in [0.2, 0.25) is 11.8 Å². The zero-order valence-electron chi connectivity index (χ0n) is 13.2. The van der Waals surface area contributed by atoms with E-state index in [0.29, 0.717) is 19.4 Å². The summed E-state index contributed by atoms with van der Waals surface area (Å²) in [7, 11) is 0. The molecule has 0 spiro atoms. The van der Waals surface area contributed by atoms with Gasteiger partial charge in [-0.2, -0.15) is 0 Å². The van der Waals surface area contributed by atoms with E-state index in [1.54, 1.807) is 0 Å². The molecule has 4 nitrogen and oxygen atoms in total. The standard InChI is InChI=1S/C17H24N2O2/c1-11-5-6-13(17(2,3)4)9-12(11)10-18-16(21)14-7-8-15(20)19-14/h5-6,9,14H,7-8,10H2,1-4H3,(H,18,21)(H,19,20). The van der Waals surface area contributed by atoms with Gasteiger partial charge in [-0.05, 0) is 35.4 Å². The number of carbonyl (C=O) groups is 2. The molecule has 4 heteroatoms. The maximum atomic E-state index is 12.0. The van der Waals surface area contributed by atoms with Crippen LogP contribution < -0.4 is 10.6 Å². The summed E-state index contributed by atoms with van der Waals surface area (Å²) in [5, 5.41) is 5.62. The third-order valence-electron chi connectivity index (χ3n) is 3.98. The van der Waals surface area contributed by atoms with Gasteiger partial charge in [0, 0.05) is 13.0 Å². The Labute approximate surface area is 126 Å². The van der Waals surface area contributed by atoms with E-state index in [4.69, 9.17) is 0 Å². The molecule has 1 aromatic rings. The summed E-state index contributed by atoms with van der Waals surface area (Å²) in [6.45, 7) is 9.07. The predicted octanol–water partition coefficient (Wildman–Crippen LogP) is 2.19. The molecule has 0 aliphatic carbocycles. The van der Waals surface area contributed by atoms with Gasteiger partial charge in [-0.25, -0.2) is 0 Å². The SMILES string of the molecule is Cc1ccc(C(C)(C)C)cc1CNC(=O)C1CCC(=O)N1. The molecule has 21 heavy (non-hydrogen) atoms. The first-order chi connectivity index (χ1) is 9.77. The first-order valence-corrected chi connectivity index (χ1v) is 7.44.